The average Bonchev–Trinajstić information content (AvgIpc) is 2.49. The molecule has 2 rings (SSSR count). The van der Waals surface area contributed by atoms with Gasteiger partial charge >= 0.3 is 0 Å². The molecule has 0 aliphatic heterocycles. The van der Waals surface area contributed by atoms with Gasteiger partial charge in [0.25, 0.3) is 0 Å². The highest BCUT2D eigenvalue weighted by atomic mass is 19.1. The number of nitrogens with one attached hydrogen (secondary N) is 2. The number of hydrogen-bond donors (Lipinski definition) is 2. The van der Waals surface area contributed by atoms with Crippen LogP contribution in [0, 0.1) is 5.82 Å². The Bertz CT molecular complexity index is 712. The van der Waals surface area contributed by atoms with Crippen molar-refractivity contribution in [3.63, 3.8) is 0 Å². The molecule has 0 aliphatic carbocycles. The lowest BCUT2D eigenvalue weighted by Gasteiger charge is -2.07. The van der Waals surface area contributed by atoms with Gasteiger partial charge in [0.2, 0.25) is 11.8 Å². The standard InChI is InChI=1S/C17H15FN2O2/c1-12(21)19-16-11-14(8-9-15(16)18)20-17(22)10-7-13-5-3-2-4-6-13/h2-11H,1H3,(H,19,21)(H,20,22)/b10-7+. The Hall–Kier alpha value is -2.95. The summed E-state index contributed by atoms with van der Waals surface area (Å²) in [5.74, 6) is -1.29. The Balaban J connectivity index is 2.05. The normalized spacial score (nSPS) is 10.5. The Morgan fingerprint density at radius 2 is 1.77 bits per heavy atom. The van der Waals surface area contributed by atoms with Crippen LogP contribution >= 0.6 is 0 Å². The van der Waals surface area contributed by atoms with Crippen LogP contribution < -0.4 is 10.6 Å². The van der Waals surface area contributed by atoms with E-state index in [4.69, 9.17) is 0 Å². The number of hydrogen-bond acceptors (Lipinski definition) is 2. The number of amides is 2. The fourth-order valence-corrected chi connectivity index (χ4v) is 1.81. The predicted octanol–water partition coefficient (Wildman–Crippen LogP) is 3.44. The molecule has 0 aromatic heterocycles. The van der Waals surface area contributed by atoms with E-state index in [9.17, 15) is 14.0 Å². The summed E-state index contributed by atoms with van der Waals surface area (Å²) in [6.07, 6.45) is 3.06. The van der Waals surface area contributed by atoms with Crippen molar-refractivity contribution in [2.45, 2.75) is 6.92 Å². The lowest BCUT2D eigenvalue weighted by molar-refractivity contribution is -0.114. The molecule has 0 heterocycles. The van der Waals surface area contributed by atoms with Crippen LogP contribution in [0.25, 0.3) is 6.08 Å². The highest BCUT2D eigenvalue weighted by Crippen LogP contribution is 2.19. The molecule has 0 radical (unpaired) electrons. The van der Waals surface area contributed by atoms with Crippen LogP contribution in [-0.2, 0) is 9.59 Å². The third-order valence-electron chi connectivity index (χ3n) is 2.77. The molecule has 0 atom stereocenters. The third kappa shape index (κ3) is 4.56. The summed E-state index contributed by atoms with van der Waals surface area (Å²) in [7, 11) is 0. The molecule has 2 amide bonds. The van der Waals surface area contributed by atoms with Crippen LogP contribution in [0.15, 0.2) is 54.6 Å². The maximum Gasteiger partial charge on any atom is 0.248 e. The second kappa shape index (κ2) is 7.17. The summed E-state index contributed by atoms with van der Waals surface area (Å²) in [6.45, 7) is 1.29. The van der Waals surface area contributed by atoms with Gasteiger partial charge in [-0.15, -0.1) is 0 Å². The summed E-state index contributed by atoms with van der Waals surface area (Å²) in [4.78, 5) is 22.8. The molecule has 0 bridgehead atoms. The zero-order valence-electron chi connectivity index (χ0n) is 12.0. The molecule has 4 nitrogen and oxygen atoms in total. The number of benzene rings is 2. The fraction of sp³-hybridized carbons (Fsp3) is 0.0588. The number of halogens is 1. The van der Waals surface area contributed by atoms with E-state index in [1.165, 1.54) is 31.2 Å². The van der Waals surface area contributed by atoms with Crippen LogP contribution in [0.4, 0.5) is 15.8 Å². The summed E-state index contributed by atoms with van der Waals surface area (Å²) in [5, 5.41) is 4.97. The van der Waals surface area contributed by atoms with Crippen molar-refractivity contribution >= 4 is 29.3 Å². The van der Waals surface area contributed by atoms with Crippen LogP contribution in [0.1, 0.15) is 12.5 Å². The van der Waals surface area contributed by atoms with Gasteiger partial charge in [-0.05, 0) is 29.8 Å². The van der Waals surface area contributed by atoms with E-state index in [-0.39, 0.29) is 17.5 Å². The van der Waals surface area contributed by atoms with E-state index >= 15 is 0 Å². The molecule has 2 aromatic rings. The Labute approximate surface area is 127 Å². The largest absolute Gasteiger partial charge is 0.324 e. The van der Waals surface area contributed by atoms with E-state index < -0.39 is 5.82 Å². The molecular weight excluding hydrogens is 283 g/mol. The molecule has 0 saturated carbocycles. The van der Waals surface area contributed by atoms with E-state index in [2.05, 4.69) is 10.6 Å². The molecule has 0 spiro atoms. The molecule has 0 saturated heterocycles. The number of carbonyl (C=O) groups excluding carboxylic acids is 2. The maximum absolute atomic E-state index is 13.5. The monoisotopic (exact) mass is 298 g/mol. The quantitative estimate of drug-likeness (QED) is 0.850. The average molecular weight is 298 g/mol. The number of rotatable bonds is 4. The Kier molecular flexibility index (Phi) is 5.03. The minimum atomic E-state index is -0.562. The minimum absolute atomic E-state index is 0.0253. The lowest BCUT2D eigenvalue weighted by atomic mass is 10.2. The fourth-order valence-electron chi connectivity index (χ4n) is 1.81. The second-order valence-corrected chi connectivity index (χ2v) is 4.61. The van der Waals surface area contributed by atoms with Crippen LogP contribution in [0.2, 0.25) is 0 Å². The zero-order chi connectivity index (χ0) is 15.9. The van der Waals surface area contributed by atoms with Gasteiger partial charge in [0, 0.05) is 18.7 Å². The summed E-state index contributed by atoms with van der Waals surface area (Å²) < 4.78 is 13.5. The molecule has 2 aromatic carbocycles. The number of anilines is 2. The van der Waals surface area contributed by atoms with Crippen LogP contribution in [0.5, 0.6) is 0 Å². The first-order valence-electron chi connectivity index (χ1n) is 6.66. The van der Waals surface area contributed by atoms with Gasteiger partial charge in [-0.1, -0.05) is 30.3 Å². The minimum Gasteiger partial charge on any atom is -0.324 e. The van der Waals surface area contributed by atoms with E-state index in [1.807, 2.05) is 30.3 Å². The number of carbonyl (C=O) groups is 2. The molecule has 0 unspecified atom stereocenters. The molecule has 5 heteroatoms. The molecular formula is C17H15FN2O2. The lowest BCUT2D eigenvalue weighted by Crippen LogP contribution is -2.10. The first-order chi connectivity index (χ1) is 10.5. The molecule has 112 valence electrons. The molecule has 22 heavy (non-hydrogen) atoms. The first-order valence-corrected chi connectivity index (χ1v) is 6.66. The third-order valence-corrected chi connectivity index (χ3v) is 2.77. The van der Waals surface area contributed by atoms with Gasteiger partial charge in [0.05, 0.1) is 5.69 Å². The van der Waals surface area contributed by atoms with E-state index in [1.54, 1.807) is 6.08 Å². The maximum atomic E-state index is 13.5. The van der Waals surface area contributed by atoms with Crippen molar-refractivity contribution in [2.75, 3.05) is 10.6 Å². The molecule has 0 aliphatic rings. The predicted molar refractivity (Wildman–Crippen MR) is 84.8 cm³/mol. The summed E-state index contributed by atoms with van der Waals surface area (Å²) in [5.41, 5.74) is 1.32. The van der Waals surface area contributed by atoms with Crippen molar-refractivity contribution in [3.8, 4) is 0 Å². The van der Waals surface area contributed by atoms with Crippen molar-refractivity contribution in [2.24, 2.45) is 0 Å². The van der Waals surface area contributed by atoms with Crippen molar-refractivity contribution < 1.29 is 14.0 Å². The smallest absolute Gasteiger partial charge is 0.248 e. The molecule has 0 fully saturated rings. The van der Waals surface area contributed by atoms with Gasteiger partial charge in [0.1, 0.15) is 5.82 Å². The van der Waals surface area contributed by atoms with E-state index in [0.29, 0.717) is 5.69 Å². The summed E-state index contributed by atoms with van der Waals surface area (Å²) in [6, 6.07) is 13.4. The van der Waals surface area contributed by atoms with Gasteiger partial charge in [-0.2, -0.15) is 0 Å². The van der Waals surface area contributed by atoms with Crippen molar-refractivity contribution in [1.82, 2.24) is 0 Å². The zero-order valence-corrected chi connectivity index (χ0v) is 12.0. The van der Waals surface area contributed by atoms with Gasteiger partial charge in [-0.25, -0.2) is 4.39 Å². The van der Waals surface area contributed by atoms with Crippen LogP contribution in [-0.4, -0.2) is 11.8 Å². The van der Waals surface area contributed by atoms with Gasteiger partial charge in [-0.3, -0.25) is 9.59 Å². The Morgan fingerprint density at radius 1 is 1.05 bits per heavy atom. The highest BCUT2D eigenvalue weighted by molar-refractivity contribution is 6.02. The van der Waals surface area contributed by atoms with Crippen LogP contribution in [0.3, 0.4) is 0 Å². The molecule has 2 N–H and O–H groups in total. The Morgan fingerprint density at radius 3 is 2.45 bits per heavy atom. The second-order valence-electron chi connectivity index (χ2n) is 4.61. The SMILES string of the molecule is CC(=O)Nc1cc(NC(=O)/C=C/c2ccccc2)ccc1F. The topological polar surface area (TPSA) is 58.2 Å². The van der Waals surface area contributed by atoms with E-state index in [0.717, 1.165) is 5.56 Å². The summed E-state index contributed by atoms with van der Waals surface area (Å²) >= 11 is 0. The van der Waals surface area contributed by atoms with Crippen molar-refractivity contribution in [3.05, 3.63) is 66.0 Å². The van der Waals surface area contributed by atoms with Gasteiger partial charge < -0.3 is 10.6 Å². The van der Waals surface area contributed by atoms with Gasteiger partial charge in [0.15, 0.2) is 0 Å². The first kappa shape index (κ1) is 15.4. The van der Waals surface area contributed by atoms with Crippen molar-refractivity contribution in [1.29, 1.82) is 0 Å². The highest BCUT2D eigenvalue weighted by Gasteiger charge is 2.06.